The van der Waals surface area contributed by atoms with Crippen molar-refractivity contribution >= 4 is 57.7 Å². The van der Waals surface area contributed by atoms with E-state index in [1.54, 1.807) is 89.5 Å². The molecule has 17 heteroatoms. The minimum Gasteiger partial charge on any atom is -0.414 e. The first kappa shape index (κ1) is 44.3. The molecule has 2 aromatic heterocycles. The summed E-state index contributed by atoms with van der Waals surface area (Å²) in [5.41, 5.74) is 1.88. The van der Waals surface area contributed by atoms with Crippen LogP contribution < -0.4 is 4.90 Å². The van der Waals surface area contributed by atoms with Gasteiger partial charge in [0.2, 0.25) is 0 Å². The molecular weight excluding hydrogens is 837 g/mol. The lowest BCUT2D eigenvalue weighted by molar-refractivity contribution is -0.0704. The zero-order chi connectivity index (χ0) is 44.8. The Bertz CT molecular complexity index is 2400. The van der Waals surface area contributed by atoms with Gasteiger partial charge >= 0.3 is 17.1 Å². The van der Waals surface area contributed by atoms with E-state index < -0.39 is 53.5 Å². The largest absolute Gasteiger partial charge is 0.414 e. The van der Waals surface area contributed by atoms with Crippen LogP contribution in [0, 0.1) is 0 Å². The summed E-state index contributed by atoms with van der Waals surface area (Å²) in [7, 11) is -6.15. The van der Waals surface area contributed by atoms with Crippen molar-refractivity contribution in [3.8, 4) is 0 Å². The van der Waals surface area contributed by atoms with E-state index in [0.29, 0.717) is 11.1 Å². The summed E-state index contributed by atoms with van der Waals surface area (Å²) >= 11 is 0. The van der Waals surface area contributed by atoms with Gasteiger partial charge in [0.05, 0.1) is 37.2 Å². The first-order valence-electron chi connectivity index (χ1n) is 21.6. The lowest BCUT2D eigenvalue weighted by atomic mass is 10.1. The van der Waals surface area contributed by atoms with Crippen LogP contribution in [-0.4, -0.2) is 103 Å². The van der Waals surface area contributed by atoms with Crippen molar-refractivity contribution in [2.75, 3.05) is 24.7 Å². The summed E-state index contributed by atoms with van der Waals surface area (Å²) in [4.78, 5) is 71.5. The highest BCUT2D eigenvalue weighted by Crippen LogP contribution is 2.49. The molecule has 4 atom stereocenters. The number of carbonyl (C=O) groups is 4. The molecule has 3 aliphatic rings. The lowest BCUT2D eigenvalue weighted by Gasteiger charge is -2.51. The fourth-order valence-corrected chi connectivity index (χ4v) is 20.3. The van der Waals surface area contributed by atoms with Crippen molar-refractivity contribution in [1.29, 1.82) is 0 Å². The highest BCUT2D eigenvalue weighted by molar-refractivity contribution is 6.84. The Morgan fingerprint density at radius 1 is 0.746 bits per heavy atom. The molecule has 8 rings (SSSR count). The predicted molar refractivity (Wildman–Crippen MR) is 239 cm³/mol. The van der Waals surface area contributed by atoms with Crippen molar-refractivity contribution < 1.29 is 41.6 Å². The number of amides is 4. The second-order valence-corrected chi connectivity index (χ2v) is 26.3. The number of hydrogen-bond acceptors (Lipinski definition) is 12. The highest BCUT2D eigenvalue weighted by atomic mass is 28.5. The van der Waals surface area contributed by atoms with Crippen LogP contribution in [0.25, 0.3) is 11.2 Å². The summed E-state index contributed by atoms with van der Waals surface area (Å²) in [5.74, 6) is -1.99. The average Bonchev–Trinajstić information content (AvgIpc) is 3.92. The molecule has 0 saturated carbocycles. The van der Waals surface area contributed by atoms with Crippen LogP contribution in [0.2, 0.25) is 22.2 Å². The Balaban J connectivity index is 1.21. The molecule has 63 heavy (non-hydrogen) atoms. The standard InChI is InChI=1S/C46H54N6O9Si2/c1-28(2)62(29(3)4)58-25-36-38(60-63(61-62,30(5)6)31(7)8)39(57-24-23-50-44(55)34-21-15-16-22-35(34)45(50)56)46(59-36)51-27-49-37-40(51)47-26-48-41(37)52(42(53)32-17-11-9-12-18-32)43(54)33-19-13-10-14-20-33/h9-22,26-31,36,38-39,46H,23-25H2,1-8H3/t36-,38-,39-,46-/m1/s1. The second-order valence-electron chi connectivity index (χ2n) is 17.5. The monoisotopic (exact) mass is 890 g/mol. The number of aromatic nitrogens is 4. The minimum absolute atomic E-state index is 0.00179. The van der Waals surface area contributed by atoms with Gasteiger partial charge in [0, 0.05) is 11.1 Å². The summed E-state index contributed by atoms with van der Waals surface area (Å²) in [6.07, 6.45) is -0.373. The first-order chi connectivity index (χ1) is 30.2. The summed E-state index contributed by atoms with van der Waals surface area (Å²) in [6, 6.07) is 23.7. The van der Waals surface area contributed by atoms with Gasteiger partial charge in [0.1, 0.15) is 24.6 Å². The number of anilines is 1. The number of rotatable bonds is 12. The third kappa shape index (κ3) is 7.78. The Hall–Kier alpha value is -5.28. The normalized spacial score (nSPS) is 21.9. The number of ether oxygens (including phenoxy) is 2. The topological polar surface area (TPSA) is 165 Å². The SMILES string of the molecule is CC(C)[Si]1(C(C)C)OC[C@H]2O[C@@H](n3cnc4c(N(C(=O)c5ccccc5)C(=O)c5ccccc5)ncnc43)[C@H](OCCN3C(=O)c4ccccc4C3=O)[C@@H]2O[Si](C(C)C)(C(C)C)O1. The molecule has 2 saturated heterocycles. The number of nitrogens with zero attached hydrogens (tertiary/aromatic N) is 6. The molecule has 0 bridgehead atoms. The van der Waals surface area contributed by atoms with Crippen LogP contribution in [0.5, 0.6) is 0 Å². The first-order valence-corrected chi connectivity index (χ1v) is 25.5. The molecule has 0 aliphatic carbocycles. The lowest BCUT2D eigenvalue weighted by Crippen LogP contribution is -2.66. The maximum Gasteiger partial charge on any atom is 0.335 e. The van der Waals surface area contributed by atoms with Gasteiger partial charge in [0.25, 0.3) is 23.6 Å². The van der Waals surface area contributed by atoms with Crippen LogP contribution in [-0.2, 0) is 22.4 Å². The number of benzene rings is 3. The van der Waals surface area contributed by atoms with E-state index in [4.69, 9.17) is 27.4 Å². The fourth-order valence-electron chi connectivity index (χ4n) is 9.14. The van der Waals surface area contributed by atoms with E-state index in [2.05, 4.69) is 65.4 Å². The molecule has 0 N–H and O–H groups in total. The summed E-state index contributed by atoms with van der Waals surface area (Å²) in [5, 5.41) is 0. The molecule has 0 radical (unpaired) electrons. The highest BCUT2D eigenvalue weighted by Gasteiger charge is 2.62. The third-order valence-corrected chi connectivity index (χ3v) is 22.6. The van der Waals surface area contributed by atoms with Crippen LogP contribution in [0.4, 0.5) is 5.82 Å². The van der Waals surface area contributed by atoms with E-state index in [9.17, 15) is 19.2 Å². The molecule has 5 aromatic rings. The van der Waals surface area contributed by atoms with Gasteiger partial charge in [-0.05, 0) is 58.6 Å². The van der Waals surface area contributed by atoms with Crippen LogP contribution >= 0.6 is 0 Å². The minimum atomic E-state index is -3.19. The predicted octanol–water partition coefficient (Wildman–Crippen LogP) is 7.85. The Morgan fingerprint density at radius 3 is 1.83 bits per heavy atom. The molecule has 0 spiro atoms. The number of carbonyl (C=O) groups excluding carboxylic acids is 4. The van der Waals surface area contributed by atoms with Gasteiger partial charge in [-0.2, -0.15) is 0 Å². The molecule has 4 amide bonds. The van der Waals surface area contributed by atoms with E-state index in [1.807, 2.05) is 0 Å². The van der Waals surface area contributed by atoms with Gasteiger partial charge in [-0.3, -0.25) is 28.6 Å². The molecule has 5 heterocycles. The molecule has 3 aliphatic heterocycles. The smallest absolute Gasteiger partial charge is 0.335 e. The van der Waals surface area contributed by atoms with Crippen molar-refractivity contribution in [3.05, 3.63) is 120 Å². The van der Waals surface area contributed by atoms with Gasteiger partial charge in [-0.25, -0.2) is 19.9 Å². The zero-order valence-electron chi connectivity index (χ0n) is 36.8. The Morgan fingerprint density at radius 2 is 1.29 bits per heavy atom. The zero-order valence-corrected chi connectivity index (χ0v) is 38.8. The number of imide groups is 2. The average molecular weight is 891 g/mol. The number of hydrogen-bond donors (Lipinski definition) is 0. The maximum absolute atomic E-state index is 14.3. The van der Waals surface area contributed by atoms with E-state index >= 15 is 0 Å². The third-order valence-electron chi connectivity index (χ3n) is 12.4. The van der Waals surface area contributed by atoms with E-state index in [1.165, 1.54) is 17.6 Å². The van der Waals surface area contributed by atoms with Crippen LogP contribution in [0.3, 0.4) is 0 Å². The van der Waals surface area contributed by atoms with Crippen molar-refractivity contribution in [1.82, 2.24) is 24.4 Å². The Kier molecular flexibility index (Phi) is 12.5. The molecule has 3 aromatic carbocycles. The van der Waals surface area contributed by atoms with Gasteiger partial charge in [-0.15, -0.1) is 0 Å². The van der Waals surface area contributed by atoms with Crippen LogP contribution in [0.15, 0.2) is 97.6 Å². The quantitative estimate of drug-likeness (QED) is 0.0882. The number of imidazole rings is 1. The molecule has 330 valence electrons. The summed E-state index contributed by atoms with van der Waals surface area (Å²) in [6.45, 7) is 17.2. The summed E-state index contributed by atoms with van der Waals surface area (Å²) < 4.78 is 37.5. The van der Waals surface area contributed by atoms with Crippen molar-refractivity contribution in [3.63, 3.8) is 0 Å². The molecule has 0 unspecified atom stereocenters. The second kappa shape index (κ2) is 17.7. The molecule has 2 fully saturated rings. The maximum atomic E-state index is 14.3. The van der Waals surface area contributed by atoms with Crippen LogP contribution in [0.1, 0.15) is 103 Å². The van der Waals surface area contributed by atoms with E-state index in [-0.39, 0.29) is 81.8 Å². The van der Waals surface area contributed by atoms with E-state index in [0.717, 1.165) is 4.90 Å². The van der Waals surface area contributed by atoms with Gasteiger partial charge in [-0.1, -0.05) is 104 Å². The molecular formula is C46H54N6O9Si2. The van der Waals surface area contributed by atoms with Gasteiger partial charge < -0.3 is 22.4 Å². The Labute approximate surface area is 369 Å². The van der Waals surface area contributed by atoms with Gasteiger partial charge in [0.15, 0.2) is 23.2 Å². The van der Waals surface area contributed by atoms with Crippen molar-refractivity contribution in [2.45, 2.75) is 102 Å². The molecule has 15 nitrogen and oxygen atoms in total. The number of fused-ring (bicyclic) bond motifs is 3. The fraction of sp³-hybridized carbons (Fsp3) is 0.413. The van der Waals surface area contributed by atoms with Crippen molar-refractivity contribution in [2.24, 2.45) is 0 Å².